The van der Waals surface area contributed by atoms with Gasteiger partial charge in [0.05, 0.1) is 0 Å². The largest absolute Gasteiger partial charge is 0.433 e. The van der Waals surface area contributed by atoms with Crippen LogP contribution in [0.15, 0.2) is 18.2 Å². The minimum atomic E-state index is -4.56. The number of anilines is 2. The van der Waals surface area contributed by atoms with Crippen LogP contribution < -0.4 is 10.6 Å². The number of hydrogen-bond acceptors (Lipinski definition) is 6. The Labute approximate surface area is 178 Å². The molecule has 31 heavy (non-hydrogen) atoms. The third-order valence-electron chi connectivity index (χ3n) is 5.95. The highest BCUT2D eigenvalue weighted by Gasteiger charge is 2.34. The summed E-state index contributed by atoms with van der Waals surface area (Å²) in [5.41, 5.74) is -2.16. The second kappa shape index (κ2) is 8.20. The molecule has 2 aliphatic carbocycles. The minimum absolute atomic E-state index is 0.0118. The van der Waals surface area contributed by atoms with Crippen molar-refractivity contribution >= 4 is 11.9 Å². The summed E-state index contributed by atoms with van der Waals surface area (Å²) >= 11 is 0. The average molecular weight is 438 g/mol. The van der Waals surface area contributed by atoms with E-state index in [9.17, 15) is 17.6 Å². The molecule has 1 atom stereocenters. The molecule has 0 radical (unpaired) electrons. The van der Waals surface area contributed by atoms with Crippen LogP contribution in [0.2, 0.25) is 0 Å². The summed E-state index contributed by atoms with van der Waals surface area (Å²) in [5.74, 6) is 1.13. The van der Waals surface area contributed by atoms with Gasteiger partial charge in [-0.25, -0.2) is 9.37 Å². The van der Waals surface area contributed by atoms with Gasteiger partial charge in [0.25, 0.3) is 0 Å². The third-order valence-corrected chi connectivity index (χ3v) is 5.95. The van der Waals surface area contributed by atoms with Crippen LogP contribution in [0.3, 0.4) is 0 Å². The summed E-state index contributed by atoms with van der Waals surface area (Å²) < 4.78 is 53.4. The molecule has 2 N–H and O–H groups in total. The van der Waals surface area contributed by atoms with Crippen molar-refractivity contribution in [2.75, 3.05) is 10.6 Å². The first-order valence-electron chi connectivity index (χ1n) is 10.6. The third kappa shape index (κ3) is 5.59. The van der Waals surface area contributed by atoms with Gasteiger partial charge in [-0.3, -0.25) is 0 Å². The SMILES string of the molecule is CC(Nc1nc(NC2CCC(C)(F)CC2)nc(-c2cccc(C(F)(F)F)n2)n1)C1CC1. The van der Waals surface area contributed by atoms with Crippen LogP contribution in [0.5, 0.6) is 0 Å². The Morgan fingerprint density at radius 1 is 1.00 bits per heavy atom. The van der Waals surface area contributed by atoms with E-state index < -0.39 is 17.5 Å². The zero-order valence-electron chi connectivity index (χ0n) is 17.5. The lowest BCUT2D eigenvalue weighted by molar-refractivity contribution is -0.141. The van der Waals surface area contributed by atoms with Crippen LogP contribution in [0.25, 0.3) is 11.5 Å². The summed E-state index contributed by atoms with van der Waals surface area (Å²) in [6, 6.07) is 3.76. The van der Waals surface area contributed by atoms with E-state index >= 15 is 0 Å². The normalized spacial score (nSPS) is 25.2. The van der Waals surface area contributed by atoms with E-state index in [1.165, 1.54) is 12.1 Å². The van der Waals surface area contributed by atoms with Gasteiger partial charge in [0, 0.05) is 12.1 Å². The second-order valence-electron chi connectivity index (χ2n) is 8.81. The Morgan fingerprint density at radius 3 is 2.32 bits per heavy atom. The molecular weight excluding hydrogens is 412 g/mol. The highest BCUT2D eigenvalue weighted by molar-refractivity contribution is 5.54. The van der Waals surface area contributed by atoms with Crippen molar-refractivity contribution < 1.29 is 17.6 Å². The second-order valence-corrected chi connectivity index (χ2v) is 8.81. The number of nitrogens with one attached hydrogen (secondary N) is 2. The molecule has 10 heteroatoms. The molecule has 2 heterocycles. The topological polar surface area (TPSA) is 75.6 Å². The summed E-state index contributed by atoms with van der Waals surface area (Å²) in [6.07, 6.45) is -0.211. The molecule has 6 nitrogen and oxygen atoms in total. The fourth-order valence-electron chi connectivity index (χ4n) is 3.80. The Hall–Kier alpha value is -2.52. The number of halogens is 4. The van der Waals surface area contributed by atoms with Gasteiger partial charge in [0.15, 0.2) is 5.82 Å². The number of hydrogen-bond donors (Lipinski definition) is 2. The molecule has 2 aromatic rings. The Bertz CT molecular complexity index is 918. The van der Waals surface area contributed by atoms with Crippen LogP contribution in [-0.4, -0.2) is 37.7 Å². The molecule has 2 fully saturated rings. The highest BCUT2D eigenvalue weighted by Crippen LogP contribution is 2.35. The summed E-state index contributed by atoms with van der Waals surface area (Å²) in [4.78, 5) is 16.8. The molecule has 2 aliphatic rings. The van der Waals surface area contributed by atoms with E-state index in [-0.39, 0.29) is 35.5 Å². The summed E-state index contributed by atoms with van der Waals surface area (Å²) in [7, 11) is 0. The van der Waals surface area contributed by atoms with Gasteiger partial charge in [-0.15, -0.1) is 0 Å². The van der Waals surface area contributed by atoms with Crippen molar-refractivity contribution in [2.24, 2.45) is 5.92 Å². The molecule has 0 saturated heterocycles. The van der Waals surface area contributed by atoms with Crippen molar-refractivity contribution in [3.05, 3.63) is 23.9 Å². The molecule has 0 aromatic carbocycles. The maximum atomic E-state index is 14.1. The van der Waals surface area contributed by atoms with E-state index in [0.717, 1.165) is 18.9 Å². The maximum Gasteiger partial charge on any atom is 0.433 e. The summed E-state index contributed by atoms with van der Waals surface area (Å²) in [5, 5.41) is 6.45. The molecule has 0 amide bonds. The number of rotatable bonds is 6. The van der Waals surface area contributed by atoms with Crippen LogP contribution in [0, 0.1) is 5.92 Å². The van der Waals surface area contributed by atoms with Crippen LogP contribution >= 0.6 is 0 Å². The lowest BCUT2D eigenvalue weighted by atomic mass is 9.85. The standard InChI is InChI=1S/C21H26F4N6/c1-12(13-6-7-13)26-18-29-17(15-4-3-5-16(28-15)21(23,24)25)30-19(31-18)27-14-8-10-20(2,22)11-9-14/h3-5,12-14H,6-11H2,1-2H3,(H2,26,27,29,30,31). The van der Waals surface area contributed by atoms with Crippen LogP contribution in [-0.2, 0) is 6.18 Å². The highest BCUT2D eigenvalue weighted by atomic mass is 19.4. The molecule has 4 rings (SSSR count). The van der Waals surface area contributed by atoms with Crippen LogP contribution in [0.4, 0.5) is 29.5 Å². The van der Waals surface area contributed by atoms with E-state index in [1.54, 1.807) is 6.92 Å². The van der Waals surface area contributed by atoms with Gasteiger partial charge >= 0.3 is 6.18 Å². The maximum absolute atomic E-state index is 14.1. The molecule has 2 saturated carbocycles. The lowest BCUT2D eigenvalue weighted by Gasteiger charge is -2.31. The first-order chi connectivity index (χ1) is 14.6. The van der Waals surface area contributed by atoms with Crippen LogP contribution in [0.1, 0.15) is 58.1 Å². The Morgan fingerprint density at radius 2 is 1.68 bits per heavy atom. The number of aromatic nitrogens is 4. The zero-order chi connectivity index (χ0) is 22.2. The van der Waals surface area contributed by atoms with Crippen molar-refractivity contribution in [1.29, 1.82) is 0 Å². The van der Waals surface area contributed by atoms with Crippen molar-refractivity contribution in [1.82, 2.24) is 19.9 Å². The Balaban J connectivity index is 1.62. The molecule has 168 valence electrons. The van der Waals surface area contributed by atoms with E-state index in [1.807, 2.05) is 6.92 Å². The smallest absolute Gasteiger partial charge is 0.351 e. The van der Waals surface area contributed by atoms with Crippen molar-refractivity contribution in [2.45, 2.75) is 76.3 Å². The van der Waals surface area contributed by atoms with Gasteiger partial charge < -0.3 is 10.6 Å². The van der Waals surface area contributed by atoms with Crippen molar-refractivity contribution in [3.63, 3.8) is 0 Å². The number of alkyl halides is 4. The molecule has 2 aromatic heterocycles. The van der Waals surface area contributed by atoms with Gasteiger partial charge in [-0.05, 0) is 70.4 Å². The fraction of sp³-hybridized carbons (Fsp3) is 0.619. The number of nitrogens with zero attached hydrogens (tertiary/aromatic N) is 4. The molecule has 0 spiro atoms. The number of pyridine rings is 1. The molecular formula is C21H26F4N6. The van der Waals surface area contributed by atoms with E-state index in [2.05, 4.69) is 30.6 Å². The Kier molecular flexibility index (Phi) is 5.74. The quantitative estimate of drug-likeness (QED) is 0.601. The lowest BCUT2D eigenvalue weighted by Crippen LogP contribution is -2.33. The fourth-order valence-corrected chi connectivity index (χ4v) is 3.80. The minimum Gasteiger partial charge on any atom is -0.351 e. The van der Waals surface area contributed by atoms with E-state index in [4.69, 9.17) is 0 Å². The predicted molar refractivity (Wildman–Crippen MR) is 109 cm³/mol. The average Bonchev–Trinajstić information content (AvgIpc) is 3.54. The molecule has 0 bridgehead atoms. The molecule has 0 aliphatic heterocycles. The first-order valence-corrected chi connectivity index (χ1v) is 10.6. The monoisotopic (exact) mass is 438 g/mol. The zero-order valence-corrected chi connectivity index (χ0v) is 17.5. The van der Waals surface area contributed by atoms with Gasteiger partial charge in [-0.2, -0.15) is 28.1 Å². The molecule has 1 unspecified atom stereocenters. The van der Waals surface area contributed by atoms with Gasteiger partial charge in [0.2, 0.25) is 11.9 Å². The summed E-state index contributed by atoms with van der Waals surface area (Å²) in [6.45, 7) is 3.63. The van der Waals surface area contributed by atoms with Gasteiger partial charge in [-0.1, -0.05) is 6.07 Å². The van der Waals surface area contributed by atoms with Crippen molar-refractivity contribution in [3.8, 4) is 11.5 Å². The predicted octanol–water partition coefficient (Wildman–Crippen LogP) is 5.25. The van der Waals surface area contributed by atoms with Gasteiger partial charge in [0.1, 0.15) is 17.1 Å². The first kappa shape index (κ1) is 21.7. The van der Waals surface area contributed by atoms with E-state index in [0.29, 0.717) is 31.6 Å².